The van der Waals surface area contributed by atoms with E-state index in [0.717, 1.165) is 31.1 Å². The second-order valence-corrected chi connectivity index (χ2v) is 7.13. The predicted octanol–water partition coefficient (Wildman–Crippen LogP) is 0.915. The third kappa shape index (κ3) is 2.18. The minimum Gasteiger partial charge on any atom is -0.352 e. The fourth-order valence-electron chi connectivity index (χ4n) is 3.90. The van der Waals surface area contributed by atoms with Gasteiger partial charge in [-0.25, -0.2) is 15.0 Å². The zero-order valence-corrected chi connectivity index (χ0v) is 13.7. The molecule has 0 amide bonds. The summed E-state index contributed by atoms with van der Waals surface area (Å²) in [5.74, 6) is 2.49. The maximum absolute atomic E-state index is 11.9. The van der Waals surface area contributed by atoms with E-state index in [9.17, 15) is 4.79 Å². The second-order valence-electron chi connectivity index (χ2n) is 7.13. The molecule has 2 aromatic heterocycles. The molecule has 4 fully saturated rings. The van der Waals surface area contributed by atoms with E-state index in [1.807, 2.05) is 0 Å². The number of hydrogen-bond acceptors (Lipinski definition) is 6. The fourth-order valence-corrected chi connectivity index (χ4v) is 3.90. The van der Waals surface area contributed by atoms with E-state index in [0.29, 0.717) is 18.0 Å². The number of anilines is 2. The molecule has 6 rings (SSSR count). The quantitative estimate of drug-likeness (QED) is 0.836. The van der Waals surface area contributed by atoms with Crippen molar-refractivity contribution in [2.75, 3.05) is 22.9 Å². The summed E-state index contributed by atoms with van der Waals surface area (Å²) in [6.45, 7) is 1.85. The number of piperidine rings is 1. The molecule has 2 aromatic rings. The van der Waals surface area contributed by atoms with Crippen LogP contribution in [0.2, 0.25) is 0 Å². The van der Waals surface area contributed by atoms with Crippen LogP contribution in [0, 0.1) is 0 Å². The molecule has 4 aliphatic rings. The highest BCUT2D eigenvalue weighted by Gasteiger charge is 2.45. The highest BCUT2D eigenvalue weighted by Crippen LogP contribution is 2.41. The van der Waals surface area contributed by atoms with Gasteiger partial charge in [-0.2, -0.15) is 0 Å². The van der Waals surface area contributed by atoms with Crippen LogP contribution in [0.1, 0.15) is 30.9 Å². The lowest BCUT2D eigenvalue weighted by atomic mass is 9.87. The third-order valence-corrected chi connectivity index (χ3v) is 5.41. The van der Waals surface area contributed by atoms with E-state index in [-0.39, 0.29) is 5.56 Å². The first-order chi connectivity index (χ1) is 11.7. The molecular formula is C17H20N6O. The molecule has 24 heavy (non-hydrogen) atoms. The smallest absolute Gasteiger partial charge is 0.255 e. The molecule has 2 unspecified atom stereocenters. The number of aryl methyl sites for hydroxylation is 1. The number of rotatable bonds is 3. The number of piperazine rings is 1. The van der Waals surface area contributed by atoms with Crippen LogP contribution in [0.15, 0.2) is 29.6 Å². The molecule has 124 valence electrons. The molecular weight excluding hydrogens is 304 g/mol. The van der Waals surface area contributed by atoms with Gasteiger partial charge >= 0.3 is 0 Å². The lowest BCUT2D eigenvalue weighted by Crippen LogP contribution is -2.69. The van der Waals surface area contributed by atoms with Crippen LogP contribution in [0.25, 0.3) is 0 Å². The van der Waals surface area contributed by atoms with Gasteiger partial charge in [-0.15, -0.1) is 0 Å². The number of hydrogen-bond donors (Lipinski definition) is 0. The Morgan fingerprint density at radius 1 is 1.04 bits per heavy atom. The van der Waals surface area contributed by atoms with Crippen LogP contribution in [0.3, 0.4) is 0 Å². The summed E-state index contributed by atoms with van der Waals surface area (Å²) in [7, 11) is 1.73. The zero-order chi connectivity index (χ0) is 16.3. The van der Waals surface area contributed by atoms with E-state index < -0.39 is 0 Å². The van der Waals surface area contributed by atoms with Crippen LogP contribution in [0.5, 0.6) is 0 Å². The highest BCUT2D eigenvalue weighted by atomic mass is 16.1. The van der Waals surface area contributed by atoms with E-state index in [1.54, 1.807) is 25.8 Å². The van der Waals surface area contributed by atoms with Crippen LogP contribution >= 0.6 is 0 Å². The van der Waals surface area contributed by atoms with Gasteiger partial charge in [-0.1, -0.05) is 0 Å². The number of aromatic nitrogens is 4. The van der Waals surface area contributed by atoms with Gasteiger partial charge in [0.1, 0.15) is 18.0 Å². The van der Waals surface area contributed by atoms with Crippen molar-refractivity contribution in [3.8, 4) is 0 Å². The normalized spacial score (nSPS) is 25.5. The van der Waals surface area contributed by atoms with Crippen molar-refractivity contribution in [1.29, 1.82) is 0 Å². The molecule has 7 heteroatoms. The zero-order valence-electron chi connectivity index (χ0n) is 13.7. The Hall–Kier alpha value is -2.44. The topological polar surface area (TPSA) is 67.2 Å². The van der Waals surface area contributed by atoms with Gasteiger partial charge in [-0.3, -0.25) is 4.79 Å². The van der Waals surface area contributed by atoms with Gasteiger partial charge in [0, 0.05) is 43.9 Å². The van der Waals surface area contributed by atoms with Crippen LogP contribution in [0.4, 0.5) is 11.6 Å². The minimum atomic E-state index is -0.00768. The molecule has 0 N–H and O–H groups in total. The third-order valence-electron chi connectivity index (χ3n) is 5.41. The standard InChI is InChI=1S/C17H20N6O/c1-21-10-20-16(6-17(21)24)23-12-4-13(23)8-22(7-12)15-5-14(11-2-3-11)18-9-19-15/h5-6,9-13H,2-4,7-8H2,1H3. The van der Waals surface area contributed by atoms with Crippen molar-refractivity contribution in [3.05, 3.63) is 40.8 Å². The molecule has 5 heterocycles. The van der Waals surface area contributed by atoms with Crippen LogP contribution in [-0.4, -0.2) is 44.7 Å². The molecule has 1 aliphatic carbocycles. The van der Waals surface area contributed by atoms with Crippen molar-refractivity contribution >= 4 is 11.6 Å². The first kappa shape index (κ1) is 13.9. The Balaban J connectivity index is 1.36. The lowest BCUT2D eigenvalue weighted by Gasteiger charge is -2.57. The Kier molecular flexibility index (Phi) is 2.92. The molecule has 7 nitrogen and oxygen atoms in total. The van der Waals surface area contributed by atoms with Gasteiger partial charge in [0.25, 0.3) is 5.56 Å². The Labute approximate surface area is 140 Å². The van der Waals surface area contributed by atoms with Gasteiger partial charge < -0.3 is 14.4 Å². The largest absolute Gasteiger partial charge is 0.352 e. The van der Waals surface area contributed by atoms with Crippen LogP contribution < -0.4 is 15.4 Å². The summed E-state index contributed by atoms with van der Waals surface area (Å²) in [5.41, 5.74) is 1.18. The van der Waals surface area contributed by atoms with E-state index in [4.69, 9.17) is 0 Å². The average Bonchev–Trinajstić information content (AvgIpc) is 3.43. The maximum Gasteiger partial charge on any atom is 0.255 e. The van der Waals surface area contributed by atoms with Gasteiger partial charge in [-0.05, 0) is 19.3 Å². The van der Waals surface area contributed by atoms with Crippen molar-refractivity contribution in [2.45, 2.75) is 37.3 Å². The van der Waals surface area contributed by atoms with E-state index in [2.05, 4.69) is 30.8 Å². The predicted molar refractivity (Wildman–Crippen MR) is 90.4 cm³/mol. The molecule has 0 spiro atoms. The monoisotopic (exact) mass is 324 g/mol. The summed E-state index contributed by atoms with van der Waals surface area (Å²) in [6.07, 6.45) is 6.97. The van der Waals surface area contributed by atoms with Crippen LogP contribution in [-0.2, 0) is 7.05 Å². The summed E-state index contributed by atoms with van der Waals surface area (Å²) in [6, 6.07) is 4.61. The second kappa shape index (κ2) is 5.03. The first-order valence-corrected chi connectivity index (χ1v) is 8.57. The fraction of sp³-hybridized carbons (Fsp3) is 0.529. The van der Waals surface area contributed by atoms with Crippen molar-refractivity contribution in [3.63, 3.8) is 0 Å². The lowest BCUT2D eigenvalue weighted by molar-refractivity contribution is 0.287. The van der Waals surface area contributed by atoms with E-state index >= 15 is 0 Å². The van der Waals surface area contributed by atoms with Crippen molar-refractivity contribution < 1.29 is 0 Å². The Morgan fingerprint density at radius 3 is 2.54 bits per heavy atom. The molecule has 0 aromatic carbocycles. The Morgan fingerprint density at radius 2 is 1.83 bits per heavy atom. The summed E-state index contributed by atoms with van der Waals surface area (Å²) >= 11 is 0. The molecule has 1 saturated carbocycles. The van der Waals surface area contributed by atoms with Gasteiger partial charge in [0.15, 0.2) is 0 Å². The summed E-state index contributed by atoms with van der Waals surface area (Å²) in [4.78, 5) is 29.8. The summed E-state index contributed by atoms with van der Waals surface area (Å²) in [5, 5.41) is 0. The van der Waals surface area contributed by atoms with Gasteiger partial charge in [0.2, 0.25) is 0 Å². The SMILES string of the molecule is Cn1cnc(N2C3CC2CN(c2cc(C4CC4)ncn2)C3)cc1=O. The van der Waals surface area contributed by atoms with Gasteiger partial charge in [0.05, 0.1) is 18.4 Å². The highest BCUT2D eigenvalue weighted by molar-refractivity contribution is 5.52. The molecule has 2 bridgehead atoms. The maximum atomic E-state index is 11.9. The first-order valence-electron chi connectivity index (χ1n) is 8.57. The number of fused-ring (bicyclic) bond motifs is 2. The molecule has 2 atom stereocenters. The molecule has 3 saturated heterocycles. The molecule has 0 radical (unpaired) electrons. The van der Waals surface area contributed by atoms with Crippen molar-refractivity contribution in [2.24, 2.45) is 7.05 Å². The average molecular weight is 324 g/mol. The summed E-state index contributed by atoms with van der Waals surface area (Å²) < 4.78 is 1.51. The number of nitrogens with zero attached hydrogens (tertiary/aromatic N) is 6. The van der Waals surface area contributed by atoms with Crippen molar-refractivity contribution in [1.82, 2.24) is 19.5 Å². The molecule has 3 aliphatic heterocycles. The Bertz CT molecular complexity index is 833. The van der Waals surface area contributed by atoms with E-state index in [1.165, 1.54) is 23.1 Å². The minimum absolute atomic E-state index is 0.00768.